The van der Waals surface area contributed by atoms with E-state index in [2.05, 4.69) is 10.1 Å². The zero-order valence-corrected chi connectivity index (χ0v) is 12.9. The molecule has 0 saturated heterocycles. The second-order valence-corrected chi connectivity index (χ2v) is 5.81. The van der Waals surface area contributed by atoms with Crippen LogP contribution < -0.4 is 15.8 Å². The molecule has 0 spiro atoms. The first-order valence-corrected chi connectivity index (χ1v) is 7.60. The molecule has 130 valence electrons. The number of nitriles is 1. The molecule has 0 aliphatic heterocycles. The number of halogens is 3. The molecule has 0 atom stereocenters. The molecule has 5 nitrogen and oxygen atoms in total. The summed E-state index contributed by atoms with van der Waals surface area (Å²) < 4.78 is 41.4. The van der Waals surface area contributed by atoms with Gasteiger partial charge in [-0.1, -0.05) is 6.07 Å². The van der Waals surface area contributed by atoms with Crippen LogP contribution in [0.25, 0.3) is 0 Å². The lowest BCUT2D eigenvalue weighted by atomic mass is 9.86. The first-order chi connectivity index (χ1) is 11.3. The zero-order valence-electron chi connectivity index (χ0n) is 12.9. The van der Waals surface area contributed by atoms with Crippen molar-refractivity contribution in [2.45, 2.75) is 44.6 Å². The summed E-state index contributed by atoms with van der Waals surface area (Å²) in [6.07, 6.45) is -2.00. The summed E-state index contributed by atoms with van der Waals surface area (Å²) in [5.74, 6) is -0.855. The number of hydrogen-bond acceptors (Lipinski definition) is 4. The Bertz CT molecular complexity index is 632. The molecular formula is C16H18F3N3O2. The highest BCUT2D eigenvalue weighted by Gasteiger charge is 2.32. The molecule has 0 aromatic heterocycles. The molecule has 24 heavy (non-hydrogen) atoms. The number of amides is 1. The molecule has 1 amide bonds. The maximum Gasteiger partial charge on any atom is 0.573 e. The lowest BCUT2D eigenvalue weighted by Crippen LogP contribution is -2.36. The summed E-state index contributed by atoms with van der Waals surface area (Å²) in [4.78, 5) is 12.1. The Morgan fingerprint density at radius 1 is 1.33 bits per heavy atom. The molecule has 8 heteroatoms. The van der Waals surface area contributed by atoms with Crippen LogP contribution in [0.2, 0.25) is 0 Å². The molecule has 1 fully saturated rings. The highest BCUT2D eigenvalue weighted by atomic mass is 19.4. The van der Waals surface area contributed by atoms with Gasteiger partial charge in [0, 0.05) is 24.1 Å². The largest absolute Gasteiger partial charge is 0.573 e. The highest BCUT2D eigenvalue weighted by Crippen LogP contribution is 2.28. The number of benzene rings is 1. The quantitative estimate of drug-likeness (QED) is 0.881. The number of nitrogens with two attached hydrogens (primary N) is 1. The number of nitrogens with one attached hydrogen (secondary N) is 1. The minimum Gasteiger partial charge on any atom is -0.405 e. The Morgan fingerprint density at radius 2 is 2.00 bits per heavy atom. The predicted molar refractivity (Wildman–Crippen MR) is 79.6 cm³/mol. The smallest absolute Gasteiger partial charge is 0.405 e. The Hall–Kier alpha value is -2.27. The maximum absolute atomic E-state index is 12.5. The molecule has 2 rings (SSSR count). The normalized spacial score (nSPS) is 21.0. The number of ether oxygens (including phenoxy) is 1. The Morgan fingerprint density at radius 3 is 2.58 bits per heavy atom. The average Bonchev–Trinajstić information content (AvgIpc) is 2.52. The van der Waals surface area contributed by atoms with Crippen molar-refractivity contribution in [2.24, 2.45) is 11.7 Å². The maximum atomic E-state index is 12.5. The van der Waals surface area contributed by atoms with Gasteiger partial charge in [-0.2, -0.15) is 5.26 Å². The molecular weight excluding hydrogens is 323 g/mol. The molecule has 0 radical (unpaired) electrons. The molecule has 0 bridgehead atoms. The molecule has 1 aromatic rings. The lowest BCUT2D eigenvalue weighted by molar-refractivity contribution is -0.274. The van der Waals surface area contributed by atoms with E-state index in [4.69, 9.17) is 11.0 Å². The van der Waals surface area contributed by atoms with Crippen molar-refractivity contribution >= 4 is 5.91 Å². The monoisotopic (exact) mass is 341 g/mol. The van der Waals surface area contributed by atoms with E-state index in [0.717, 1.165) is 18.9 Å². The van der Waals surface area contributed by atoms with E-state index >= 15 is 0 Å². The van der Waals surface area contributed by atoms with Gasteiger partial charge in [-0.15, -0.1) is 13.2 Å². The first-order valence-electron chi connectivity index (χ1n) is 7.60. The Kier molecular flexibility index (Phi) is 5.67. The van der Waals surface area contributed by atoms with Crippen molar-refractivity contribution in [3.8, 4) is 11.8 Å². The van der Waals surface area contributed by atoms with Crippen molar-refractivity contribution in [3.05, 3.63) is 29.3 Å². The number of nitrogens with zero attached hydrogens (tertiary/aromatic N) is 1. The molecule has 1 saturated carbocycles. The Labute approximate surface area is 137 Å². The van der Waals surface area contributed by atoms with E-state index in [1.165, 1.54) is 12.1 Å². The highest BCUT2D eigenvalue weighted by molar-refractivity contribution is 5.78. The summed E-state index contributed by atoms with van der Waals surface area (Å²) in [7, 11) is 0. The van der Waals surface area contributed by atoms with Gasteiger partial charge in [0.2, 0.25) is 5.91 Å². The van der Waals surface area contributed by atoms with Crippen molar-refractivity contribution in [3.63, 3.8) is 0 Å². The molecule has 1 aliphatic carbocycles. The summed E-state index contributed by atoms with van der Waals surface area (Å²) in [6, 6.07) is 5.60. The number of hydrogen-bond donors (Lipinski definition) is 2. The van der Waals surface area contributed by atoms with Crippen LogP contribution in [0, 0.1) is 17.2 Å². The molecule has 0 unspecified atom stereocenters. The van der Waals surface area contributed by atoms with Gasteiger partial charge in [0.05, 0.1) is 11.6 Å². The number of carbonyl (C=O) groups is 1. The van der Waals surface area contributed by atoms with Crippen molar-refractivity contribution < 1.29 is 22.7 Å². The number of rotatable bonds is 4. The molecule has 3 N–H and O–H groups in total. The first kappa shape index (κ1) is 18.1. The zero-order chi connectivity index (χ0) is 17.7. The van der Waals surface area contributed by atoms with Gasteiger partial charge in [0.25, 0.3) is 0 Å². The minimum absolute atomic E-state index is 0.0468. The summed E-state index contributed by atoms with van der Waals surface area (Å²) in [5.41, 5.74) is 5.99. The van der Waals surface area contributed by atoms with Gasteiger partial charge >= 0.3 is 6.36 Å². The predicted octanol–water partition coefficient (Wildman–Crippen LogP) is 2.59. The van der Waals surface area contributed by atoms with Gasteiger partial charge in [-0.25, -0.2) is 0 Å². The van der Waals surface area contributed by atoms with Crippen LogP contribution in [0.5, 0.6) is 5.75 Å². The van der Waals surface area contributed by atoms with Gasteiger partial charge in [0.1, 0.15) is 5.75 Å². The summed E-state index contributed by atoms with van der Waals surface area (Å²) >= 11 is 0. The van der Waals surface area contributed by atoms with E-state index in [1.54, 1.807) is 6.07 Å². The molecule has 1 aliphatic rings. The molecule has 0 heterocycles. The van der Waals surface area contributed by atoms with E-state index in [-0.39, 0.29) is 35.5 Å². The average molecular weight is 341 g/mol. The van der Waals surface area contributed by atoms with E-state index in [1.807, 2.05) is 0 Å². The summed E-state index contributed by atoms with van der Waals surface area (Å²) in [5, 5.41) is 11.4. The minimum atomic E-state index is -4.87. The third kappa shape index (κ3) is 5.13. The van der Waals surface area contributed by atoms with Gasteiger partial charge in [-0.05, 0) is 37.8 Å². The van der Waals surface area contributed by atoms with Crippen LogP contribution in [0.1, 0.15) is 36.8 Å². The number of alkyl halides is 3. The van der Waals surface area contributed by atoms with E-state index < -0.39 is 12.1 Å². The van der Waals surface area contributed by atoms with Crippen LogP contribution in [-0.4, -0.2) is 18.3 Å². The second-order valence-electron chi connectivity index (χ2n) is 5.81. The fourth-order valence-electron chi connectivity index (χ4n) is 2.70. The van der Waals surface area contributed by atoms with Crippen LogP contribution in [0.15, 0.2) is 18.2 Å². The van der Waals surface area contributed by atoms with Crippen molar-refractivity contribution in [1.29, 1.82) is 5.26 Å². The van der Waals surface area contributed by atoms with E-state index in [0.29, 0.717) is 12.8 Å². The SMILES string of the molecule is N#Cc1ccc(CNC(=O)C2CCC(N)CC2)c(OC(F)(F)F)c1. The fraction of sp³-hybridized carbons (Fsp3) is 0.500. The van der Waals surface area contributed by atoms with Crippen LogP contribution in [0.3, 0.4) is 0 Å². The Balaban J connectivity index is 2.03. The van der Waals surface area contributed by atoms with Gasteiger partial charge in [-0.3, -0.25) is 4.79 Å². The van der Waals surface area contributed by atoms with Gasteiger partial charge < -0.3 is 15.8 Å². The summed E-state index contributed by atoms with van der Waals surface area (Å²) in [6.45, 7) is -0.0987. The van der Waals surface area contributed by atoms with Crippen molar-refractivity contribution in [2.75, 3.05) is 0 Å². The van der Waals surface area contributed by atoms with Crippen molar-refractivity contribution in [1.82, 2.24) is 5.32 Å². The third-order valence-electron chi connectivity index (χ3n) is 4.02. The third-order valence-corrected chi connectivity index (χ3v) is 4.02. The number of carbonyl (C=O) groups excluding carboxylic acids is 1. The fourth-order valence-corrected chi connectivity index (χ4v) is 2.70. The van der Waals surface area contributed by atoms with Crippen LogP contribution >= 0.6 is 0 Å². The van der Waals surface area contributed by atoms with Gasteiger partial charge in [0.15, 0.2) is 0 Å². The second kappa shape index (κ2) is 7.53. The lowest BCUT2D eigenvalue weighted by Gasteiger charge is -2.25. The topological polar surface area (TPSA) is 88.1 Å². The van der Waals surface area contributed by atoms with E-state index in [9.17, 15) is 18.0 Å². The molecule has 1 aromatic carbocycles. The standard InChI is InChI=1S/C16H18F3N3O2/c17-16(18,19)24-14-7-10(8-20)1-2-12(14)9-22-15(23)11-3-5-13(21)6-4-11/h1-2,7,11,13H,3-6,9,21H2,(H,22,23). The van der Waals surface area contributed by atoms with Crippen LogP contribution in [-0.2, 0) is 11.3 Å². The van der Waals surface area contributed by atoms with Crippen LogP contribution in [0.4, 0.5) is 13.2 Å².